The fourth-order valence-corrected chi connectivity index (χ4v) is 2.60. The molecule has 0 bridgehead atoms. The smallest absolute Gasteiger partial charge is 0.303 e. The molecule has 23 heavy (non-hydrogen) atoms. The predicted octanol–water partition coefficient (Wildman–Crippen LogP) is 2.96. The minimum Gasteiger partial charge on any atom is -0.481 e. The molecule has 0 saturated heterocycles. The summed E-state index contributed by atoms with van der Waals surface area (Å²) in [6, 6.07) is 3.66. The van der Waals surface area contributed by atoms with E-state index in [-0.39, 0.29) is 6.42 Å². The number of nitrogens with one attached hydrogen (secondary N) is 2. The first-order valence-corrected chi connectivity index (χ1v) is 7.58. The van der Waals surface area contributed by atoms with Crippen LogP contribution in [0.4, 0.5) is 5.82 Å². The number of aliphatic carboxylic acids is 1. The van der Waals surface area contributed by atoms with Crippen molar-refractivity contribution in [3.8, 4) is 11.3 Å². The molecule has 0 saturated carbocycles. The van der Waals surface area contributed by atoms with Crippen LogP contribution in [0, 0.1) is 6.92 Å². The van der Waals surface area contributed by atoms with Gasteiger partial charge < -0.3 is 10.4 Å². The van der Waals surface area contributed by atoms with Gasteiger partial charge in [-0.25, -0.2) is 4.98 Å². The molecule has 3 heterocycles. The summed E-state index contributed by atoms with van der Waals surface area (Å²) in [5.74, 6) is -0.0222. The van der Waals surface area contributed by atoms with Crippen LogP contribution >= 0.6 is 11.6 Å². The third-order valence-corrected chi connectivity index (χ3v) is 3.99. The summed E-state index contributed by atoms with van der Waals surface area (Å²) >= 11 is 6.22. The number of anilines is 1. The topological polar surface area (TPSA) is 95.3 Å². The van der Waals surface area contributed by atoms with Crippen molar-refractivity contribution in [3.05, 3.63) is 35.2 Å². The molecule has 0 radical (unpaired) electrons. The van der Waals surface area contributed by atoms with Crippen molar-refractivity contribution in [1.82, 2.24) is 19.6 Å². The number of carboxylic acid groups (broad SMARTS) is 1. The monoisotopic (exact) mass is 333 g/mol. The zero-order valence-electron chi connectivity index (χ0n) is 12.5. The number of fused-ring (bicyclic) bond motifs is 1. The molecule has 0 aliphatic heterocycles. The van der Waals surface area contributed by atoms with Crippen LogP contribution < -0.4 is 5.32 Å². The predicted molar refractivity (Wildman–Crippen MR) is 87.9 cm³/mol. The molecule has 0 fully saturated rings. The number of pyridine rings is 1. The second kappa shape index (κ2) is 6.29. The summed E-state index contributed by atoms with van der Waals surface area (Å²) in [6.07, 6.45) is 4.10. The largest absolute Gasteiger partial charge is 0.481 e. The number of carbonyl (C=O) groups is 1. The maximum atomic E-state index is 10.7. The second-order valence-corrected chi connectivity index (χ2v) is 5.59. The van der Waals surface area contributed by atoms with E-state index >= 15 is 0 Å². The van der Waals surface area contributed by atoms with Crippen LogP contribution in [0.25, 0.3) is 16.9 Å². The molecule has 7 nitrogen and oxygen atoms in total. The Hall–Kier alpha value is -2.54. The second-order valence-electron chi connectivity index (χ2n) is 5.18. The first-order chi connectivity index (χ1) is 11.1. The number of aromatic amines is 1. The molecule has 0 spiro atoms. The van der Waals surface area contributed by atoms with Crippen molar-refractivity contribution >= 4 is 29.0 Å². The van der Waals surface area contributed by atoms with Crippen LogP contribution in [0.1, 0.15) is 18.5 Å². The van der Waals surface area contributed by atoms with Crippen molar-refractivity contribution in [2.75, 3.05) is 11.9 Å². The molecule has 8 heteroatoms. The van der Waals surface area contributed by atoms with Gasteiger partial charge >= 0.3 is 5.97 Å². The van der Waals surface area contributed by atoms with Crippen molar-refractivity contribution < 1.29 is 9.90 Å². The van der Waals surface area contributed by atoms with E-state index in [0.29, 0.717) is 18.0 Å². The number of rotatable bonds is 6. The maximum Gasteiger partial charge on any atom is 0.303 e. The number of hydrogen-bond acceptors (Lipinski definition) is 4. The number of aromatic nitrogens is 4. The Bertz CT molecular complexity index is 841. The van der Waals surface area contributed by atoms with E-state index in [0.717, 1.165) is 28.4 Å². The zero-order chi connectivity index (χ0) is 16.4. The molecule has 0 atom stereocenters. The highest BCUT2D eigenvalue weighted by atomic mass is 35.5. The van der Waals surface area contributed by atoms with Crippen LogP contribution in [0.2, 0.25) is 5.02 Å². The molecule has 0 aromatic carbocycles. The van der Waals surface area contributed by atoms with Gasteiger partial charge in [-0.15, -0.1) is 0 Å². The first-order valence-electron chi connectivity index (χ1n) is 7.20. The average molecular weight is 334 g/mol. The van der Waals surface area contributed by atoms with E-state index in [1.807, 2.05) is 23.5 Å². The molecule has 0 unspecified atom stereocenters. The van der Waals surface area contributed by atoms with Crippen LogP contribution in [0.5, 0.6) is 0 Å². The summed E-state index contributed by atoms with van der Waals surface area (Å²) in [7, 11) is 0. The third kappa shape index (κ3) is 3.00. The molecular formula is C15H16ClN5O2. The highest BCUT2D eigenvalue weighted by Crippen LogP contribution is 2.31. The van der Waals surface area contributed by atoms with Crippen molar-refractivity contribution in [2.24, 2.45) is 0 Å². The number of halogens is 1. The molecule has 120 valence electrons. The van der Waals surface area contributed by atoms with Gasteiger partial charge in [-0.1, -0.05) is 11.6 Å². The maximum absolute atomic E-state index is 10.7. The molecule has 3 N–H and O–H groups in total. The van der Waals surface area contributed by atoms with E-state index < -0.39 is 5.97 Å². The van der Waals surface area contributed by atoms with Crippen LogP contribution in [-0.4, -0.2) is 37.2 Å². The Morgan fingerprint density at radius 2 is 2.30 bits per heavy atom. The Morgan fingerprint density at radius 1 is 1.48 bits per heavy atom. The lowest BCUT2D eigenvalue weighted by atomic mass is 10.2. The van der Waals surface area contributed by atoms with E-state index in [9.17, 15) is 4.79 Å². The number of imidazole rings is 1. The quantitative estimate of drug-likeness (QED) is 0.603. The van der Waals surface area contributed by atoms with Crippen molar-refractivity contribution in [2.45, 2.75) is 19.8 Å². The van der Waals surface area contributed by atoms with Gasteiger partial charge in [0.15, 0.2) is 0 Å². The molecule has 0 aliphatic rings. The van der Waals surface area contributed by atoms with Crippen LogP contribution in [-0.2, 0) is 4.79 Å². The Kier molecular flexibility index (Phi) is 4.20. The minimum atomic E-state index is -0.806. The lowest BCUT2D eigenvalue weighted by Gasteiger charge is -2.10. The van der Waals surface area contributed by atoms with Crippen LogP contribution in [0.3, 0.4) is 0 Å². The molecule has 0 amide bonds. The molecule has 0 aliphatic carbocycles. The highest BCUT2D eigenvalue weighted by Gasteiger charge is 2.17. The summed E-state index contributed by atoms with van der Waals surface area (Å²) in [6.45, 7) is 2.44. The summed E-state index contributed by atoms with van der Waals surface area (Å²) in [5, 5.41) is 19.4. The number of H-pyrrole nitrogens is 1. The van der Waals surface area contributed by atoms with Crippen molar-refractivity contribution in [1.29, 1.82) is 0 Å². The fraction of sp³-hybridized carbons (Fsp3) is 0.267. The molecular weight excluding hydrogens is 318 g/mol. The van der Waals surface area contributed by atoms with E-state index in [2.05, 4.69) is 20.5 Å². The van der Waals surface area contributed by atoms with Gasteiger partial charge in [-0.3, -0.25) is 14.3 Å². The standard InChI is InChI=1S/C15H16ClN5O2/c1-9-11(16)4-5-12-20-14(10-7-18-19-8-10)15(21(9)12)17-6-2-3-13(22)23/h4-5,7-8,17H,2-3,6H2,1H3,(H,18,19)(H,22,23). The van der Waals surface area contributed by atoms with Gasteiger partial charge in [0.2, 0.25) is 0 Å². The summed E-state index contributed by atoms with van der Waals surface area (Å²) in [5.41, 5.74) is 3.24. The van der Waals surface area contributed by atoms with Gasteiger partial charge in [0, 0.05) is 30.4 Å². The van der Waals surface area contributed by atoms with Crippen molar-refractivity contribution in [3.63, 3.8) is 0 Å². The SMILES string of the molecule is Cc1c(Cl)ccc2nc(-c3cn[nH]c3)c(NCCCC(=O)O)n12. The molecule has 3 aromatic heterocycles. The van der Waals surface area contributed by atoms with E-state index in [1.165, 1.54) is 0 Å². The fourth-order valence-electron chi connectivity index (χ4n) is 2.46. The summed E-state index contributed by atoms with van der Waals surface area (Å²) in [4.78, 5) is 15.3. The van der Waals surface area contributed by atoms with E-state index in [4.69, 9.17) is 16.7 Å². The third-order valence-electron chi connectivity index (χ3n) is 3.59. The highest BCUT2D eigenvalue weighted by molar-refractivity contribution is 6.31. The van der Waals surface area contributed by atoms with Gasteiger partial charge in [0.05, 0.1) is 11.2 Å². The van der Waals surface area contributed by atoms with Crippen LogP contribution in [0.15, 0.2) is 24.5 Å². The number of carboxylic acids is 1. The number of aryl methyl sites for hydroxylation is 1. The normalized spacial score (nSPS) is 11.0. The van der Waals surface area contributed by atoms with Gasteiger partial charge in [0.25, 0.3) is 0 Å². The number of nitrogens with zero attached hydrogens (tertiary/aromatic N) is 3. The number of hydrogen-bond donors (Lipinski definition) is 3. The minimum absolute atomic E-state index is 0.116. The molecule has 3 aromatic rings. The lowest BCUT2D eigenvalue weighted by molar-refractivity contribution is -0.137. The molecule has 3 rings (SSSR count). The summed E-state index contributed by atoms with van der Waals surface area (Å²) < 4.78 is 1.94. The Balaban J connectivity index is 2.02. The average Bonchev–Trinajstić information content (AvgIpc) is 3.14. The van der Waals surface area contributed by atoms with Gasteiger partial charge in [-0.05, 0) is 25.5 Å². The van der Waals surface area contributed by atoms with Gasteiger partial charge in [0.1, 0.15) is 17.2 Å². The lowest BCUT2D eigenvalue weighted by Crippen LogP contribution is -2.08. The Morgan fingerprint density at radius 3 is 3.00 bits per heavy atom. The van der Waals surface area contributed by atoms with E-state index in [1.54, 1.807) is 12.4 Å². The zero-order valence-corrected chi connectivity index (χ0v) is 13.3. The Labute approximate surface area is 137 Å². The first kappa shape index (κ1) is 15.4. The van der Waals surface area contributed by atoms with Gasteiger partial charge in [-0.2, -0.15) is 5.10 Å².